The summed E-state index contributed by atoms with van der Waals surface area (Å²) in [7, 11) is 1.58. The maximum atomic E-state index is 9.45. The average Bonchev–Trinajstić information content (AvgIpc) is 2.30. The Morgan fingerprint density at radius 2 is 2.24 bits per heavy atom. The predicted molar refractivity (Wildman–Crippen MR) is 67.2 cm³/mol. The number of hydrogen-bond acceptors (Lipinski definition) is 4. The third-order valence-corrected chi connectivity index (χ3v) is 2.28. The van der Waals surface area contributed by atoms with E-state index in [1.165, 1.54) is 0 Å². The third kappa shape index (κ3) is 5.68. The van der Waals surface area contributed by atoms with Crippen LogP contribution in [0.5, 0.6) is 5.75 Å². The molecule has 2 N–H and O–H groups in total. The molecule has 1 aromatic rings. The number of ether oxygens (including phenoxy) is 2. The quantitative estimate of drug-likeness (QED) is 0.715. The zero-order chi connectivity index (χ0) is 12.5. The molecule has 0 aliphatic rings. The molecule has 1 unspecified atom stereocenters. The fraction of sp³-hybridized carbons (Fsp3) is 0.538. The van der Waals surface area contributed by atoms with Gasteiger partial charge in [0.2, 0.25) is 0 Å². The van der Waals surface area contributed by atoms with E-state index in [-0.39, 0.29) is 0 Å². The highest BCUT2D eigenvalue weighted by Gasteiger charge is 2.02. The van der Waals surface area contributed by atoms with Crippen molar-refractivity contribution in [2.24, 2.45) is 0 Å². The molecule has 0 amide bonds. The van der Waals surface area contributed by atoms with E-state index in [4.69, 9.17) is 9.47 Å². The van der Waals surface area contributed by atoms with E-state index in [0.29, 0.717) is 26.3 Å². The SMILES string of the molecule is CCOc1cccc(CNCC(O)COC)c1. The summed E-state index contributed by atoms with van der Waals surface area (Å²) in [6.07, 6.45) is -0.463. The van der Waals surface area contributed by atoms with Crippen molar-refractivity contribution in [3.05, 3.63) is 29.8 Å². The molecule has 0 aliphatic heterocycles. The first kappa shape index (κ1) is 14.0. The Morgan fingerprint density at radius 3 is 2.94 bits per heavy atom. The Kier molecular flexibility index (Phi) is 6.62. The van der Waals surface area contributed by atoms with Gasteiger partial charge in [-0.3, -0.25) is 0 Å². The van der Waals surface area contributed by atoms with Crippen molar-refractivity contribution >= 4 is 0 Å². The van der Waals surface area contributed by atoms with Crippen molar-refractivity contribution in [2.75, 3.05) is 26.9 Å². The van der Waals surface area contributed by atoms with E-state index in [0.717, 1.165) is 11.3 Å². The molecule has 0 aliphatic carbocycles. The van der Waals surface area contributed by atoms with Crippen LogP contribution in [0.15, 0.2) is 24.3 Å². The number of aliphatic hydroxyl groups excluding tert-OH is 1. The van der Waals surface area contributed by atoms with Crippen molar-refractivity contribution in [3.8, 4) is 5.75 Å². The largest absolute Gasteiger partial charge is 0.494 e. The average molecular weight is 239 g/mol. The fourth-order valence-corrected chi connectivity index (χ4v) is 1.55. The van der Waals surface area contributed by atoms with Crippen molar-refractivity contribution in [2.45, 2.75) is 19.6 Å². The van der Waals surface area contributed by atoms with Crippen molar-refractivity contribution in [1.29, 1.82) is 0 Å². The normalized spacial score (nSPS) is 12.4. The van der Waals surface area contributed by atoms with Crippen LogP contribution in [0.1, 0.15) is 12.5 Å². The molecule has 4 heteroatoms. The second-order valence-corrected chi connectivity index (χ2v) is 3.82. The Morgan fingerprint density at radius 1 is 1.41 bits per heavy atom. The molecule has 0 saturated heterocycles. The van der Waals surface area contributed by atoms with E-state index >= 15 is 0 Å². The topological polar surface area (TPSA) is 50.7 Å². The summed E-state index contributed by atoms with van der Waals surface area (Å²) < 4.78 is 10.3. The lowest BCUT2D eigenvalue weighted by Crippen LogP contribution is -2.29. The number of aliphatic hydroxyl groups is 1. The number of rotatable bonds is 8. The van der Waals surface area contributed by atoms with Gasteiger partial charge < -0.3 is 19.9 Å². The van der Waals surface area contributed by atoms with Gasteiger partial charge in [-0.1, -0.05) is 12.1 Å². The Balaban J connectivity index is 2.33. The van der Waals surface area contributed by atoms with Crippen molar-refractivity contribution in [3.63, 3.8) is 0 Å². The lowest BCUT2D eigenvalue weighted by Gasteiger charge is -2.11. The second-order valence-electron chi connectivity index (χ2n) is 3.82. The fourth-order valence-electron chi connectivity index (χ4n) is 1.55. The van der Waals surface area contributed by atoms with E-state index in [2.05, 4.69) is 5.32 Å². The minimum Gasteiger partial charge on any atom is -0.494 e. The monoisotopic (exact) mass is 239 g/mol. The first-order valence-corrected chi connectivity index (χ1v) is 5.85. The summed E-state index contributed by atoms with van der Waals surface area (Å²) in [5, 5.41) is 12.6. The van der Waals surface area contributed by atoms with Crippen LogP contribution in [0.3, 0.4) is 0 Å². The van der Waals surface area contributed by atoms with E-state index in [1.54, 1.807) is 7.11 Å². The van der Waals surface area contributed by atoms with Crippen LogP contribution in [-0.2, 0) is 11.3 Å². The molecule has 17 heavy (non-hydrogen) atoms. The van der Waals surface area contributed by atoms with Crippen LogP contribution < -0.4 is 10.1 Å². The Hall–Kier alpha value is -1.10. The molecule has 0 heterocycles. The summed E-state index contributed by atoms with van der Waals surface area (Å²) in [5.74, 6) is 0.879. The van der Waals surface area contributed by atoms with E-state index < -0.39 is 6.10 Å². The number of nitrogens with one attached hydrogen (secondary N) is 1. The molecular weight excluding hydrogens is 218 g/mol. The first-order valence-electron chi connectivity index (χ1n) is 5.85. The molecule has 1 atom stereocenters. The minimum atomic E-state index is -0.463. The molecule has 0 radical (unpaired) electrons. The maximum absolute atomic E-state index is 9.45. The van der Waals surface area contributed by atoms with Gasteiger partial charge in [0.15, 0.2) is 0 Å². The lowest BCUT2D eigenvalue weighted by molar-refractivity contribution is 0.0644. The van der Waals surface area contributed by atoms with Gasteiger partial charge in [0, 0.05) is 20.2 Å². The summed E-state index contributed by atoms with van der Waals surface area (Å²) >= 11 is 0. The summed E-state index contributed by atoms with van der Waals surface area (Å²) in [6, 6.07) is 7.93. The molecule has 1 aromatic carbocycles. The van der Waals surface area contributed by atoms with Gasteiger partial charge in [0.25, 0.3) is 0 Å². The smallest absolute Gasteiger partial charge is 0.119 e. The third-order valence-electron chi connectivity index (χ3n) is 2.28. The molecule has 0 aromatic heterocycles. The molecule has 0 spiro atoms. The van der Waals surface area contributed by atoms with Crippen LogP contribution in [0, 0.1) is 0 Å². The van der Waals surface area contributed by atoms with Gasteiger partial charge >= 0.3 is 0 Å². The van der Waals surface area contributed by atoms with E-state index in [9.17, 15) is 5.11 Å². The van der Waals surface area contributed by atoms with Crippen LogP contribution >= 0.6 is 0 Å². The van der Waals surface area contributed by atoms with Gasteiger partial charge in [-0.05, 0) is 24.6 Å². The van der Waals surface area contributed by atoms with Gasteiger partial charge in [0.1, 0.15) is 5.75 Å². The second kappa shape index (κ2) is 8.06. The molecule has 0 saturated carbocycles. The number of hydrogen-bond donors (Lipinski definition) is 2. The lowest BCUT2D eigenvalue weighted by atomic mass is 10.2. The summed E-state index contributed by atoms with van der Waals surface area (Å²) in [5.41, 5.74) is 1.14. The maximum Gasteiger partial charge on any atom is 0.119 e. The zero-order valence-corrected chi connectivity index (χ0v) is 10.5. The van der Waals surface area contributed by atoms with Crippen LogP contribution in [-0.4, -0.2) is 38.1 Å². The molecule has 0 bridgehead atoms. The zero-order valence-electron chi connectivity index (χ0n) is 10.5. The Labute approximate surface area is 103 Å². The highest BCUT2D eigenvalue weighted by Crippen LogP contribution is 2.12. The van der Waals surface area contributed by atoms with Gasteiger partial charge in [0.05, 0.1) is 19.3 Å². The molecule has 1 rings (SSSR count). The van der Waals surface area contributed by atoms with Crippen LogP contribution in [0.4, 0.5) is 0 Å². The molecule has 96 valence electrons. The standard InChI is InChI=1S/C13H21NO3/c1-3-17-13-6-4-5-11(7-13)8-14-9-12(15)10-16-2/h4-7,12,14-15H,3,8-10H2,1-2H3. The number of methoxy groups -OCH3 is 1. The van der Waals surface area contributed by atoms with E-state index in [1.807, 2.05) is 31.2 Å². The van der Waals surface area contributed by atoms with Crippen molar-refractivity contribution in [1.82, 2.24) is 5.32 Å². The molecule has 0 fully saturated rings. The van der Waals surface area contributed by atoms with Crippen LogP contribution in [0.2, 0.25) is 0 Å². The highest BCUT2D eigenvalue weighted by molar-refractivity contribution is 5.28. The highest BCUT2D eigenvalue weighted by atomic mass is 16.5. The first-order chi connectivity index (χ1) is 8.26. The summed E-state index contributed by atoms with van der Waals surface area (Å²) in [4.78, 5) is 0. The van der Waals surface area contributed by atoms with Gasteiger partial charge in [-0.2, -0.15) is 0 Å². The minimum absolute atomic E-state index is 0.353. The summed E-state index contributed by atoms with van der Waals surface area (Å²) in [6.45, 7) is 4.22. The number of benzene rings is 1. The Bertz CT molecular complexity index is 317. The van der Waals surface area contributed by atoms with Crippen LogP contribution in [0.25, 0.3) is 0 Å². The van der Waals surface area contributed by atoms with Gasteiger partial charge in [-0.25, -0.2) is 0 Å². The van der Waals surface area contributed by atoms with Crippen molar-refractivity contribution < 1.29 is 14.6 Å². The van der Waals surface area contributed by atoms with Gasteiger partial charge in [-0.15, -0.1) is 0 Å². The predicted octanol–water partition coefficient (Wildman–Crippen LogP) is 1.18. The molecule has 4 nitrogen and oxygen atoms in total. The molecular formula is C13H21NO3.